The van der Waals surface area contributed by atoms with Gasteiger partial charge in [0.25, 0.3) is 0 Å². The van der Waals surface area contributed by atoms with Gasteiger partial charge in [-0.15, -0.1) is 11.6 Å². The summed E-state index contributed by atoms with van der Waals surface area (Å²) < 4.78 is 5.39. The highest BCUT2D eigenvalue weighted by Crippen LogP contribution is 2.17. The molecule has 0 aliphatic heterocycles. The smallest absolute Gasteiger partial charge is 0.250 e. The molecule has 1 aromatic rings. The monoisotopic (exact) mass is 255 g/mol. The highest BCUT2D eigenvalue weighted by atomic mass is 35.5. The zero-order valence-corrected chi connectivity index (χ0v) is 11.2. The molecule has 0 saturated carbocycles. The summed E-state index contributed by atoms with van der Waals surface area (Å²) in [5.41, 5.74) is 1.33. The number of nitrogens with one attached hydrogen (secondary N) is 1. The van der Waals surface area contributed by atoms with Crippen LogP contribution in [0.3, 0.4) is 0 Å². The molecule has 1 N–H and O–H groups in total. The Hall–Kier alpha value is -1.06. The number of carbonyl (C=O) groups excluding carboxylic acids is 1. The predicted octanol–water partition coefficient (Wildman–Crippen LogP) is 3.18. The van der Waals surface area contributed by atoms with Gasteiger partial charge in [0.05, 0.1) is 5.60 Å². The van der Waals surface area contributed by atoms with Gasteiger partial charge in [-0.1, -0.05) is 18.2 Å². The molecular formula is C13H18ClNO2. The molecule has 1 rings (SSSR count). The van der Waals surface area contributed by atoms with Crippen LogP contribution in [0.15, 0.2) is 24.3 Å². The Kier molecular flexibility index (Phi) is 4.97. The minimum absolute atomic E-state index is 0.0418. The van der Waals surface area contributed by atoms with Crippen molar-refractivity contribution in [3.05, 3.63) is 29.8 Å². The number of anilines is 1. The fourth-order valence-corrected chi connectivity index (χ4v) is 1.46. The molecule has 94 valence electrons. The highest BCUT2D eigenvalue weighted by Gasteiger charge is 2.13. The molecule has 0 saturated heterocycles. The maximum absolute atomic E-state index is 11.6. The van der Waals surface area contributed by atoms with Gasteiger partial charge >= 0.3 is 0 Å². The molecular weight excluding hydrogens is 238 g/mol. The zero-order valence-electron chi connectivity index (χ0n) is 10.4. The molecule has 3 nitrogen and oxygen atoms in total. The van der Waals surface area contributed by atoms with Crippen LogP contribution in [0, 0.1) is 0 Å². The molecule has 0 fully saturated rings. The summed E-state index contributed by atoms with van der Waals surface area (Å²) in [6.07, 6.45) is 0. The largest absolute Gasteiger partial charge is 0.366 e. The topological polar surface area (TPSA) is 38.3 Å². The number of hydrogen-bond acceptors (Lipinski definition) is 2. The number of hydrogen-bond donors (Lipinski definition) is 1. The van der Waals surface area contributed by atoms with E-state index in [1.165, 1.54) is 0 Å². The molecule has 0 aromatic heterocycles. The van der Waals surface area contributed by atoms with Crippen molar-refractivity contribution in [2.45, 2.75) is 32.3 Å². The van der Waals surface area contributed by atoms with Gasteiger partial charge in [0.2, 0.25) is 5.91 Å². The van der Waals surface area contributed by atoms with Crippen LogP contribution in [-0.4, -0.2) is 18.1 Å². The van der Waals surface area contributed by atoms with Crippen molar-refractivity contribution in [2.24, 2.45) is 0 Å². The number of rotatable bonds is 4. The Labute approximate surface area is 107 Å². The summed E-state index contributed by atoms with van der Waals surface area (Å²) in [4.78, 5) is 11.6. The predicted molar refractivity (Wildman–Crippen MR) is 70.3 cm³/mol. The first-order valence-corrected chi connectivity index (χ1v) is 6.03. The summed E-state index contributed by atoms with van der Waals surface area (Å²) in [6, 6.07) is 7.45. The number of amides is 1. The Balaban J connectivity index is 2.56. The molecule has 0 unspecified atom stereocenters. The first kappa shape index (κ1) is 14.0. The number of alkyl halides is 1. The van der Waals surface area contributed by atoms with Gasteiger partial charge in [0.1, 0.15) is 6.61 Å². The minimum Gasteiger partial charge on any atom is -0.366 e. The third kappa shape index (κ3) is 5.20. The Morgan fingerprint density at radius 3 is 2.59 bits per heavy atom. The molecule has 0 heterocycles. The average Bonchev–Trinajstić information content (AvgIpc) is 2.26. The van der Waals surface area contributed by atoms with E-state index in [-0.39, 0.29) is 18.1 Å². The maximum atomic E-state index is 11.6. The standard InChI is InChI=1S/C13H18ClNO2/c1-13(2,3)17-9-12(16)15-11-7-5-4-6-10(11)8-14/h4-7H,8-9H2,1-3H3,(H,15,16). The SMILES string of the molecule is CC(C)(C)OCC(=O)Nc1ccccc1CCl. The van der Waals surface area contributed by atoms with Gasteiger partial charge in [-0.3, -0.25) is 4.79 Å². The number of carbonyl (C=O) groups is 1. The van der Waals surface area contributed by atoms with Crippen molar-refractivity contribution in [2.75, 3.05) is 11.9 Å². The highest BCUT2D eigenvalue weighted by molar-refractivity contribution is 6.17. The van der Waals surface area contributed by atoms with Gasteiger partial charge in [-0.05, 0) is 32.4 Å². The van der Waals surface area contributed by atoms with Crippen molar-refractivity contribution in [1.29, 1.82) is 0 Å². The molecule has 0 bridgehead atoms. The van der Waals surface area contributed by atoms with E-state index >= 15 is 0 Å². The van der Waals surface area contributed by atoms with Crippen LogP contribution in [0.1, 0.15) is 26.3 Å². The zero-order chi connectivity index (χ0) is 12.9. The number of halogens is 1. The van der Waals surface area contributed by atoms with E-state index in [1.807, 2.05) is 45.0 Å². The minimum atomic E-state index is -0.316. The molecule has 4 heteroatoms. The number of ether oxygens (including phenoxy) is 1. The van der Waals surface area contributed by atoms with E-state index in [2.05, 4.69) is 5.32 Å². The second-order valence-corrected chi connectivity index (χ2v) is 5.01. The lowest BCUT2D eigenvalue weighted by molar-refractivity contribution is -0.125. The van der Waals surface area contributed by atoms with Crippen LogP contribution in [0.5, 0.6) is 0 Å². The van der Waals surface area contributed by atoms with Crippen molar-refractivity contribution in [3.63, 3.8) is 0 Å². The summed E-state index contributed by atoms with van der Waals surface area (Å²) in [5, 5.41) is 2.79. The summed E-state index contributed by atoms with van der Waals surface area (Å²) in [6.45, 7) is 5.77. The second kappa shape index (κ2) is 6.03. The van der Waals surface area contributed by atoms with E-state index in [4.69, 9.17) is 16.3 Å². The lowest BCUT2D eigenvalue weighted by Crippen LogP contribution is -2.27. The molecule has 1 aromatic carbocycles. The summed E-state index contributed by atoms with van der Waals surface area (Å²) in [7, 11) is 0. The number of benzene rings is 1. The van der Waals surface area contributed by atoms with Crippen LogP contribution in [-0.2, 0) is 15.4 Å². The van der Waals surface area contributed by atoms with Gasteiger partial charge in [-0.2, -0.15) is 0 Å². The van der Waals surface area contributed by atoms with E-state index in [0.29, 0.717) is 5.88 Å². The van der Waals surface area contributed by atoms with Crippen molar-refractivity contribution < 1.29 is 9.53 Å². The molecule has 0 aliphatic rings. The Morgan fingerprint density at radius 2 is 2.00 bits per heavy atom. The molecule has 0 radical (unpaired) electrons. The van der Waals surface area contributed by atoms with Gasteiger partial charge < -0.3 is 10.1 Å². The van der Waals surface area contributed by atoms with Crippen LogP contribution in [0.2, 0.25) is 0 Å². The first-order chi connectivity index (χ1) is 7.92. The van der Waals surface area contributed by atoms with Crippen LogP contribution in [0.25, 0.3) is 0 Å². The van der Waals surface area contributed by atoms with Gasteiger partial charge in [0.15, 0.2) is 0 Å². The van der Waals surface area contributed by atoms with E-state index in [1.54, 1.807) is 0 Å². The van der Waals surface area contributed by atoms with Crippen LogP contribution >= 0.6 is 11.6 Å². The Bertz CT molecular complexity index is 385. The van der Waals surface area contributed by atoms with E-state index in [0.717, 1.165) is 11.3 Å². The first-order valence-electron chi connectivity index (χ1n) is 5.50. The van der Waals surface area contributed by atoms with Crippen molar-refractivity contribution in [1.82, 2.24) is 0 Å². The Morgan fingerprint density at radius 1 is 1.35 bits per heavy atom. The number of para-hydroxylation sites is 1. The molecule has 1 amide bonds. The maximum Gasteiger partial charge on any atom is 0.250 e. The normalized spacial score (nSPS) is 11.3. The van der Waals surface area contributed by atoms with E-state index in [9.17, 15) is 4.79 Å². The molecule has 0 spiro atoms. The summed E-state index contributed by atoms with van der Waals surface area (Å²) in [5.74, 6) is 0.203. The second-order valence-electron chi connectivity index (χ2n) is 4.74. The lowest BCUT2D eigenvalue weighted by atomic mass is 10.2. The van der Waals surface area contributed by atoms with Crippen molar-refractivity contribution in [3.8, 4) is 0 Å². The third-order valence-corrected chi connectivity index (χ3v) is 2.36. The average molecular weight is 256 g/mol. The fourth-order valence-electron chi connectivity index (χ4n) is 1.23. The molecule has 17 heavy (non-hydrogen) atoms. The quantitative estimate of drug-likeness (QED) is 0.840. The van der Waals surface area contributed by atoms with Crippen molar-refractivity contribution >= 4 is 23.2 Å². The molecule has 0 atom stereocenters. The van der Waals surface area contributed by atoms with Crippen LogP contribution in [0.4, 0.5) is 5.69 Å². The molecule has 0 aliphatic carbocycles. The fraction of sp³-hybridized carbons (Fsp3) is 0.462. The van der Waals surface area contributed by atoms with Gasteiger partial charge in [-0.25, -0.2) is 0 Å². The lowest BCUT2D eigenvalue weighted by Gasteiger charge is -2.19. The van der Waals surface area contributed by atoms with Crippen LogP contribution < -0.4 is 5.32 Å². The van der Waals surface area contributed by atoms with E-state index < -0.39 is 0 Å². The van der Waals surface area contributed by atoms with Gasteiger partial charge in [0, 0.05) is 11.6 Å². The summed E-state index contributed by atoms with van der Waals surface area (Å²) >= 11 is 5.78. The third-order valence-electron chi connectivity index (χ3n) is 2.07.